The first-order chi connectivity index (χ1) is 8.81. The summed E-state index contributed by atoms with van der Waals surface area (Å²) in [6.45, 7) is 0.917. The Kier molecular flexibility index (Phi) is 4.90. The van der Waals surface area contributed by atoms with Crippen LogP contribution in [0.25, 0.3) is 11.1 Å². The van der Waals surface area contributed by atoms with Gasteiger partial charge in [0.1, 0.15) is 5.82 Å². The fraction of sp³-hybridized carbons (Fsp3) is 0.214. The van der Waals surface area contributed by atoms with Crippen LogP contribution in [0, 0.1) is 0 Å². The van der Waals surface area contributed by atoms with Crippen molar-refractivity contribution < 1.29 is 0 Å². The fourth-order valence-corrected chi connectivity index (χ4v) is 2.22. The first-order valence-corrected chi connectivity index (χ1v) is 7.52. The van der Waals surface area contributed by atoms with Crippen molar-refractivity contribution >= 4 is 29.2 Å². The number of nitrogens with one attached hydrogen (secondary N) is 1. The van der Waals surface area contributed by atoms with Crippen LogP contribution in [0.3, 0.4) is 0 Å². The van der Waals surface area contributed by atoms with Gasteiger partial charge in [-0.1, -0.05) is 29.8 Å². The van der Waals surface area contributed by atoms with Crippen LogP contribution in [-0.4, -0.2) is 23.5 Å². The lowest BCUT2D eigenvalue weighted by Gasteiger charge is -2.08. The number of hydrogen-bond donors (Lipinski definition) is 1. The predicted molar refractivity (Wildman–Crippen MR) is 81.6 cm³/mol. The molecule has 0 saturated carbocycles. The van der Waals surface area contributed by atoms with Crippen LogP contribution in [0.4, 0.5) is 5.82 Å². The van der Waals surface area contributed by atoms with E-state index in [2.05, 4.69) is 16.6 Å². The number of aromatic nitrogens is 1. The summed E-state index contributed by atoms with van der Waals surface area (Å²) in [6.07, 6.45) is 3.90. The van der Waals surface area contributed by atoms with Crippen LogP contribution in [-0.2, 0) is 0 Å². The molecule has 2 rings (SSSR count). The molecule has 0 amide bonds. The molecule has 0 fully saturated rings. The molecular formula is C14H15ClN2S. The zero-order chi connectivity index (χ0) is 12.8. The highest BCUT2D eigenvalue weighted by molar-refractivity contribution is 7.98. The number of pyridine rings is 1. The van der Waals surface area contributed by atoms with Crippen molar-refractivity contribution in [2.24, 2.45) is 0 Å². The average molecular weight is 279 g/mol. The van der Waals surface area contributed by atoms with Crippen molar-refractivity contribution in [3.8, 4) is 11.1 Å². The van der Waals surface area contributed by atoms with E-state index < -0.39 is 0 Å². The Morgan fingerprint density at radius 3 is 2.89 bits per heavy atom. The van der Waals surface area contributed by atoms with E-state index in [1.54, 1.807) is 6.20 Å². The lowest BCUT2D eigenvalue weighted by Crippen LogP contribution is -2.05. The molecule has 1 N–H and O–H groups in total. The normalized spacial score (nSPS) is 10.3. The summed E-state index contributed by atoms with van der Waals surface area (Å²) < 4.78 is 0. The van der Waals surface area contributed by atoms with E-state index in [0.717, 1.165) is 34.3 Å². The number of rotatable bonds is 5. The summed E-state index contributed by atoms with van der Waals surface area (Å²) >= 11 is 8.01. The van der Waals surface area contributed by atoms with Gasteiger partial charge in [0.15, 0.2) is 0 Å². The Bertz CT molecular complexity index is 517. The van der Waals surface area contributed by atoms with Gasteiger partial charge >= 0.3 is 0 Å². The Morgan fingerprint density at radius 2 is 2.11 bits per heavy atom. The smallest absolute Gasteiger partial charge is 0.126 e. The highest BCUT2D eigenvalue weighted by Gasteiger charge is 2.03. The third-order valence-electron chi connectivity index (χ3n) is 2.56. The van der Waals surface area contributed by atoms with Crippen LogP contribution < -0.4 is 5.32 Å². The lowest BCUT2D eigenvalue weighted by molar-refractivity contribution is 1.17. The third-order valence-corrected chi connectivity index (χ3v) is 3.50. The van der Waals surface area contributed by atoms with E-state index in [1.807, 2.05) is 48.2 Å². The molecule has 1 aromatic heterocycles. The van der Waals surface area contributed by atoms with Crippen LogP contribution in [0.15, 0.2) is 42.6 Å². The molecule has 0 bridgehead atoms. The second-order valence-corrected chi connectivity index (χ2v) is 5.22. The number of thioether (sulfide) groups is 1. The van der Waals surface area contributed by atoms with Crippen molar-refractivity contribution in [1.82, 2.24) is 4.98 Å². The minimum atomic E-state index is 0.763. The first-order valence-electron chi connectivity index (χ1n) is 5.75. The highest BCUT2D eigenvalue weighted by atomic mass is 35.5. The van der Waals surface area contributed by atoms with E-state index >= 15 is 0 Å². The Hall–Kier alpha value is -1.19. The Balaban J connectivity index is 2.19. The largest absolute Gasteiger partial charge is 0.369 e. The molecule has 0 aliphatic carbocycles. The monoisotopic (exact) mass is 278 g/mol. The highest BCUT2D eigenvalue weighted by Crippen LogP contribution is 2.28. The summed E-state index contributed by atoms with van der Waals surface area (Å²) in [5.74, 6) is 1.96. The van der Waals surface area contributed by atoms with Crippen molar-refractivity contribution in [3.05, 3.63) is 47.6 Å². The molecule has 94 valence electrons. The molecule has 0 atom stereocenters. The molecule has 0 unspecified atom stereocenters. The van der Waals surface area contributed by atoms with Crippen LogP contribution in [0.1, 0.15) is 0 Å². The SMILES string of the molecule is CSCCNc1cc(-c2ccccc2Cl)ccn1. The Morgan fingerprint density at radius 1 is 1.28 bits per heavy atom. The molecule has 2 aromatic rings. The first kappa shape index (κ1) is 13.2. The second kappa shape index (κ2) is 6.66. The van der Waals surface area contributed by atoms with Gasteiger partial charge in [0, 0.05) is 29.1 Å². The summed E-state index contributed by atoms with van der Waals surface area (Å²) in [7, 11) is 0. The summed E-state index contributed by atoms with van der Waals surface area (Å²) in [4.78, 5) is 4.30. The molecule has 1 heterocycles. The summed E-state index contributed by atoms with van der Waals surface area (Å²) in [5, 5.41) is 4.06. The van der Waals surface area contributed by atoms with Gasteiger partial charge in [0.2, 0.25) is 0 Å². The zero-order valence-corrected chi connectivity index (χ0v) is 11.8. The molecule has 0 aliphatic heterocycles. The standard InChI is InChI=1S/C14H15ClN2S/c1-18-9-8-17-14-10-11(6-7-16-14)12-4-2-3-5-13(12)15/h2-7,10H,8-9H2,1H3,(H,16,17). The molecule has 1 aromatic carbocycles. The molecule has 18 heavy (non-hydrogen) atoms. The minimum absolute atomic E-state index is 0.763. The van der Waals surface area contributed by atoms with Gasteiger partial charge in [-0.2, -0.15) is 11.8 Å². The third kappa shape index (κ3) is 3.40. The Labute approximate surface area is 117 Å². The molecule has 0 aliphatic rings. The molecule has 4 heteroatoms. The number of benzene rings is 1. The van der Waals surface area contributed by atoms with Gasteiger partial charge in [0.25, 0.3) is 0 Å². The van der Waals surface area contributed by atoms with Gasteiger partial charge < -0.3 is 5.32 Å². The van der Waals surface area contributed by atoms with Crippen molar-refractivity contribution in [1.29, 1.82) is 0 Å². The topological polar surface area (TPSA) is 24.9 Å². The van der Waals surface area contributed by atoms with Gasteiger partial charge in [-0.3, -0.25) is 0 Å². The quantitative estimate of drug-likeness (QED) is 0.831. The van der Waals surface area contributed by atoms with E-state index in [4.69, 9.17) is 11.6 Å². The number of hydrogen-bond acceptors (Lipinski definition) is 3. The molecule has 0 radical (unpaired) electrons. The van der Waals surface area contributed by atoms with Crippen LogP contribution >= 0.6 is 23.4 Å². The maximum atomic E-state index is 6.19. The van der Waals surface area contributed by atoms with Gasteiger partial charge in [-0.05, 0) is 30.0 Å². The van der Waals surface area contributed by atoms with E-state index in [1.165, 1.54) is 0 Å². The fourth-order valence-electron chi connectivity index (χ4n) is 1.67. The average Bonchev–Trinajstić information content (AvgIpc) is 2.40. The van der Waals surface area contributed by atoms with Crippen molar-refractivity contribution in [2.75, 3.05) is 23.9 Å². The molecule has 2 nitrogen and oxygen atoms in total. The lowest BCUT2D eigenvalue weighted by atomic mass is 10.1. The van der Waals surface area contributed by atoms with Crippen LogP contribution in [0.5, 0.6) is 0 Å². The van der Waals surface area contributed by atoms with Crippen molar-refractivity contribution in [3.63, 3.8) is 0 Å². The van der Waals surface area contributed by atoms with Gasteiger partial charge in [0.05, 0.1) is 0 Å². The minimum Gasteiger partial charge on any atom is -0.369 e. The zero-order valence-electron chi connectivity index (χ0n) is 10.2. The second-order valence-electron chi connectivity index (χ2n) is 3.83. The van der Waals surface area contributed by atoms with Crippen LogP contribution in [0.2, 0.25) is 5.02 Å². The maximum absolute atomic E-state index is 6.19. The summed E-state index contributed by atoms with van der Waals surface area (Å²) in [6, 6.07) is 11.8. The van der Waals surface area contributed by atoms with Gasteiger partial charge in [-0.25, -0.2) is 4.98 Å². The van der Waals surface area contributed by atoms with Crippen molar-refractivity contribution in [2.45, 2.75) is 0 Å². The number of anilines is 1. The van der Waals surface area contributed by atoms with E-state index in [-0.39, 0.29) is 0 Å². The predicted octanol–water partition coefficient (Wildman–Crippen LogP) is 4.18. The van der Waals surface area contributed by atoms with E-state index in [0.29, 0.717) is 0 Å². The summed E-state index contributed by atoms with van der Waals surface area (Å²) in [5.41, 5.74) is 2.12. The molecular weight excluding hydrogens is 264 g/mol. The molecule has 0 spiro atoms. The van der Waals surface area contributed by atoms with E-state index in [9.17, 15) is 0 Å². The van der Waals surface area contributed by atoms with Gasteiger partial charge in [-0.15, -0.1) is 0 Å². The number of nitrogens with zero attached hydrogens (tertiary/aromatic N) is 1. The number of halogens is 1. The maximum Gasteiger partial charge on any atom is 0.126 e. The molecule has 0 saturated heterocycles.